The molecule has 0 amide bonds. The van der Waals surface area contributed by atoms with Crippen molar-refractivity contribution in [2.24, 2.45) is 0 Å². The van der Waals surface area contributed by atoms with E-state index in [4.69, 9.17) is 4.74 Å². The summed E-state index contributed by atoms with van der Waals surface area (Å²) in [6.07, 6.45) is 0. The minimum atomic E-state index is -0.549. The first-order valence-corrected chi connectivity index (χ1v) is 4.89. The molecule has 3 heteroatoms. The molecule has 0 aliphatic rings. The highest BCUT2D eigenvalue weighted by molar-refractivity contribution is 6.02. The number of nitrogens with one attached hydrogen (secondary N) is 1. The number of carbonyl (C=O) groups is 1. The average Bonchev–Trinajstić information content (AvgIpc) is 2.28. The van der Waals surface area contributed by atoms with Gasteiger partial charge >= 0.3 is 0 Å². The summed E-state index contributed by atoms with van der Waals surface area (Å²) in [6, 6.07) is 7.19. The molecule has 3 nitrogen and oxygen atoms in total. The van der Waals surface area contributed by atoms with E-state index in [0.717, 1.165) is 0 Å². The molecular formula is C12H17NO2. The first kappa shape index (κ1) is 11.7. The topological polar surface area (TPSA) is 38.3 Å². The van der Waals surface area contributed by atoms with E-state index in [0.29, 0.717) is 11.3 Å². The fourth-order valence-corrected chi connectivity index (χ4v) is 1.24. The molecule has 1 rings (SSSR count). The van der Waals surface area contributed by atoms with Crippen LogP contribution in [0.15, 0.2) is 24.3 Å². The van der Waals surface area contributed by atoms with Gasteiger partial charge < -0.3 is 10.1 Å². The van der Waals surface area contributed by atoms with Crippen LogP contribution in [-0.4, -0.2) is 25.5 Å². The summed E-state index contributed by atoms with van der Waals surface area (Å²) in [5.41, 5.74) is 0.112. The number of hydrogen-bond donors (Lipinski definition) is 1. The Morgan fingerprint density at radius 1 is 1.40 bits per heavy atom. The summed E-state index contributed by atoms with van der Waals surface area (Å²) >= 11 is 0. The zero-order chi connectivity index (χ0) is 11.5. The molecule has 0 saturated carbocycles. The Bertz CT molecular complexity index is 358. The molecule has 0 aliphatic carbocycles. The van der Waals surface area contributed by atoms with E-state index in [2.05, 4.69) is 5.32 Å². The standard InChI is InChI=1S/C12H17NO2/c1-12(2,13-3)11(14)9-6-5-7-10(8-9)15-4/h5-8,13H,1-4H3. The maximum atomic E-state index is 12.0. The number of benzene rings is 1. The monoisotopic (exact) mass is 207 g/mol. The van der Waals surface area contributed by atoms with Crippen LogP contribution in [0.3, 0.4) is 0 Å². The van der Waals surface area contributed by atoms with Gasteiger partial charge in [-0.25, -0.2) is 0 Å². The molecule has 0 atom stereocenters. The first-order chi connectivity index (χ1) is 7.01. The molecule has 82 valence electrons. The lowest BCUT2D eigenvalue weighted by Gasteiger charge is -2.22. The number of hydrogen-bond acceptors (Lipinski definition) is 3. The molecule has 0 aromatic heterocycles. The van der Waals surface area contributed by atoms with Crippen molar-refractivity contribution in [3.63, 3.8) is 0 Å². The summed E-state index contributed by atoms with van der Waals surface area (Å²) in [6.45, 7) is 3.71. The van der Waals surface area contributed by atoms with Crippen LogP contribution >= 0.6 is 0 Å². The van der Waals surface area contributed by atoms with E-state index in [1.807, 2.05) is 26.0 Å². The zero-order valence-electron chi connectivity index (χ0n) is 9.63. The molecule has 0 fully saturated rings. The quantitative estimate of drug-likeness (QED) is 0.766. The smallest absolute Gasteiger partial charge is 0.182 e. The number of ketones is 1. The molecule has 0 saturated heterocycles. The fraction of sp³-hybridized carbons (Fsp3) is 0.417. The third kappa shape index (κ3) is 2.57. The van der Waals surface area contributed by atoms with Crippen LogP contribution in [0.25, 0.3) is 0 Å². The first-order valence-electron chi connectivity index (χ1n) is 4.89. The molecule has 1 N–H and O–H groups in total. The number of likely N-dealkylation sites (N-methyl/N-ethyl adjacent to an activating group) is 1. The summed E-state index contributed by atoms with van der Waals surface area (Å²) < 4.78 is 5.08. The number of Topliss-reactive ketones (excluding diaryl/α,β-unsaturated/α-hetero) is 1. The number of ether oxygens (including phenoxy) is 1. The van der Waals surface area contributed by atoms with Crippen molar-refractivity contribution in [1.82, 2.24) is 5.32 Å². The number of carbonyl (C=O) groups excluding carboxylic acids is 1. The van der Waals surface area contributed by atoms with Gasteiger partial charge in [0.05, 0.1) is 12.6 Å². The average molecular weight is 207 g/mol. The van der Waals surface area contributed by atoms with Crippen molar-refractivity contribution in [3.8, 4) is 5.75 Å². The van der Waals surface area contributed by atoms with Crippen molar-refractivity contribution in [3.05, 3.63) is 29.8 Å². The predicted octanol–water partition coefficient (Wildman–Crippen LogP) is 1.88. The minimum Gasteiger partial charge on any atom is -0.497 e. The third-order valence-electron chi connectivity index (χ3n) is 2.52. The van der Waals surface area contributed by atoms with Gasteiger partial charge in [-0.3, -0.25) is 4.79 Å². The summed E-state index contributed by atoms with van der Waals surface area (Å²) in [7, 11) is 3.37. The van der Waals surface area contributed by atoms with Gasteiger partial charge in [-0.1, -0.05) is 12.1 Å². The van der Waals surface area contributed by atoms with E-state index < -0.39 is 5.54 Å². The van der Waals surface area contributed by atoms with Gasteiger partial charge in [0.15, 0.2) is 5.78 Å². The maximum absolute atomic E-state index is 12.0. The predicted molar refractivity (Wildman–Crippen MR) is 60.5 cm³/mol. The summed E-state index contributed by atoms with van der Waals surface area (Å²) in [4.78, 5) is 12.0. The van der Waals surface area contributed by atoms with Crippen LogP contribution in [0, 0.1) is 0 Å². The fourth-order valence-electron chi connectivity index (χ4n) is 1.24. The molecule has 0 unspecified atom stereocenters. The minimum absolute atomic E-state index is 0.0592. The van der Waals surface area contributed by atoms with Crippen LogP contribution in [0.1, 0.15) is 24.2 Å². The molecule has 1 aromatic rings. The SMILES string of the molecule is CNC(C)(C)C(=O)c1cccc(OC)c1. The van der Waals surface area contributed by atoms with Crippen molar-refractivity contribution in [2.75, 3.05) is 14.2 Å². The highest BCUT2D eigenvalue weighted by Gasteiger charge is 2.26. The second-order valence-corrected chi connectivity index (χ2v) is 3.94. The van der Waals surface area contributed by atoms with Gasteiger partial charge in [-0.05, 0) is 33.0 Å². The Hall–Kier alpha value is -1.35. The summed E-state index contributed by atoms with van der Waals surface area (Å²) in [5.74, 6) is 0.761. The Morgan fingerprint density at radius 2 is 2.07 bits per heavy atom. The summed E-state index contributed by atoms with van der Waals surface area (Å²) in [5, 5.41) is 2.99. The van der Waals surface area contributed by atoms with Crippen LogP contribution in [-0.2, 0) is 0 Å². The zero-order valence-corrected chi connectivity index (χ0v) is 9.63. The van der Waals surface area contributed by atoms with Gasteiger partial charge in [-0.15, -0.1) is 0 Å². The highest BCUT2D eigenvalue weighted by Crippen LogP contribution is 2.17. The van der Waals surface area contributed by atoms with E-state index in [9.17, 15) is 4.79 Å². The van der Waals surface area contributed by atoms with Crippen LogP contribution in [0.5, 0.6) is 5.75 Å². The maximum Gasteiger partial charge on any atom is 0.182 e. The molecular weight excluding hydrogens is 190 g/mol. The highest BCUT2D eigenvalue weighted by atomic mass is 16.5. The lowest BCUT2D eigenvalue weighted by atomic mass is 9.93. The number of rotatable bonds is 4. The number of methoxy groups -OCH3 is 1. The van der Waals surface area contributed by atoms with Gasteiger partial charge in [0.1, 0.15) is 5.75 Å². The lowest BCUT2D eigenvalue weighted by Crippen LogP contribution is -2.44. The third-order valence-corrected chi connectivity index (χ3v) is 2.52. The second-order valence-electron chi connectivity index (χ2n) is 3.94. The van der Waals surface area contributed by atoms with Gasteiger partial charge in [0.25, 0.3) is 0 Å². The molecule has 0 spiro atoms. The van der Waals surface area contributed by atoms with E-state index in [1.165, 1.54) is 0 Å². The largest absolute Gasteiger partial charge is 0.497 e. The van der Waals surface area contributed by atoms with Crippen molar-refractivity contribution >= 4 is 5.78 Å². The molecule has 0 radical (unpaired) electrons. The molecule has 0 heterocycles. The molecule has 1 aromatic carbocycles. The van der Waals surface area contributed by atoms with Crippen LogP contribution in [0.2, 0.25) is 0 Å². The normalized spacial score (nSPS) is 11.2. The van der Waals surface area contributed by atoms with Crippen LogP contribution in [0.4, 0.5) is 0 Å². The molecule has 15 heavy (non-hydrogen) atoms. The van der Waals surface area contributed by atoms with E-state index in [1.54, 1.807) is 26.3 Å². The van der Waals surface area contributed by atoms with Crippen LogP contribution < -0.4 is 10.1 Å². The van der Waals surface area contributed by atoms with Gasteiger partial charge in [0.2, 0.25) is 0 Å². The Kier molecular flexibility index (Phi) is 3.48. The van der Waals surface area contributed by atoms with Crippen molar-refractivity contribution < 1.29 is 9.53 Å². The van der Waals surface area contributed by atoms with Gasteiger partial charge in [0, 0.05) is 5.56 Å². The Balaban J connectivity index is 3.01. The van der Waals surface area contributed by atoms with E-state index in [-0.39, 0.29) is 5.78 Å². The van der Waals surface area contributed by atoms with Gasteiger partial charge in [-0.2, -0.15) is 0 Å². The molecule has 0 bridgehead atoms. The van der Waals surface area contributed by atoms with Crippen molar-refractivity contribution in [1.29, 1.82) is 0 Å². The van der Waals surface area contributed by atoms with Crippen molar-refractivity contribution in [2.45, 2.75) is 19.4 Å². The van der Waals surface area contributed by atoms with E-state index >= 15 is 0 Å². The Morgan fingerprint density at radius 3 is 2.60 bits per heavy atom. The molecule has 0 aliphatic heterocycles. The lowest BCUT2D eigenvalue weighted by molar-refractivity contribution is 0.0889. The second kappa shape index (κ2) is 4.45. The Labute approximate surface area is 90.4 Å².